The zero-order chi connectivity index (χ0) is 20.2. The summed E-state index contributed by atoms with van der Waals surface area (Å²) >= 11 is 0. The van der Waals surface area contributed by atoms with Crippen molar-refractivity contribution >= 4 is 15.9 Å². The molecule has 1 unspecified atom stereocenters. The molecule has 3 rings (SSSR count). The Morgan fingerprint density at radius 1 is 1.36 bits per heavy atom. The SMILES string of the molecule is C#CCCC1(CCNC(=O)C2CCCCN2S(=O)(=O)c2cccc(F)c2)N=N1. The van der Waals surface area contributed by atoms with Gasteiger partial charge in [-0.25, -0.2) is 12.8 Å². The van der Waals surface area contributed by atoms with E-state index in [-0.39, 0.29) is 17.3 Å². The molecule has 1 N–H and O–H groups in total. The molecule has 0 aliphatic carbocycles. The molecule has 2 aliphatic rings. The van der Waals surface area contributed by atoms with Gasteiger partial charge in [0.05, 0.1) is 4.90 Å². The van der Waals surface area contributed by atoms with Gasteiger partial charge < -0.3 is 5.32 Å². The van der Waals surface area contributed by atoms with Crippen LogP contribution >= 0.6 is 0 Å². The second-order valence-electron chi connectivity index (χ2n) is 7.01. The van der Waals surface area contributed by atoms with Crippen molar-refractivity contribution in [2.45, 2.75) is 55.1 Å². The Morgan fingerprint density at radius 2 is 2.14 bits per heavy atom. The van der Waals surface area contributed by atoms with Gasteiger partial charge >= 0.3 is 0 Å². The molecule has 2 aliphatic heterocycles. The van der Waals surface area contributed by atoms with Crippen LogP contribution in [0, 0.1) is 18.2 Å². The van der Waals surface area contributed by atoms with Crippen LogP contribution in [0.3, 0.4) is 0 Å². The Kier molecular flexibility index (Phi) is 6.10. The Bertz CT molecular complexity index is 904. The van der Waals surface area contributed by atoms with Gasteiger partial charge in [0.2, 0.25) is 15.9 Å². The molecule has 1 atom stereocenters. The third kappa shape index (κ3) is 4.56. The molecule has 1 aromatic rings. The number of rotatable bonds is 8. The summed E-state index contributed by atoms with van der Waals surface area (Å²) in [6.45, 7) is 0.564. The number of halogens is 1. The number of hydrogen-bond donors (Lipinski definition) is 1. The molecule has 0 aromatic heterocycles. The summed E-state index contributed by atoms with van der Waals surface area (Å²) in [7, 11) is -3.96. The van der Waals surface area contributed by atoms with Crippen molar-refractivity contribution in [3.8, 4) is 12.3 Å². The highest BCUT2D eigenvalue weighted by atomic mass is 32.2. The third-order valence-electron chi connectivity index (χ3n) is 5.04. The second-order valence-corrected chi connectivity index (χ2v) is 8.90. The van der Waals surface area contributed by atoms with Gasteiger partial charge in [0.1, 0.15) is 11.9 Å². The fourth-order valence-electron chi connectivity index (χ4n) is 3.39. The minimum Gasteiger partial charge on any atom is -0.355 e. The summed E-state index contributed by atoms with van der Waals surface area (Å²) in [5.41, 5.74) is -0.500. The van der Waals surface area contributed by atoms with Gasteiger partial charge in [0, 0.05) is 32.4 Å². The first-order valence-corrected chi connectivity index (χ1v) is 10.7. The maximum absolute atomic E-state index is 13.5. The van der Waals surface area contributed by atoms with E-state index in [1.807, 2.05) is 0 Å². The lowest BCUT2D eigenvalue weighted by molar-refractivity contribution is -0.125. The first kappa shape index (κ1) is 20.4. The molecule has 0 saturated carbocycles. The van der Waals surface area contributed by atoms with E-state index < -0.39 is 27.5 Å². The maximum Gasteiger partial charge on any atom is 0.243 e. The molecule has 2 heterocycles. The van der Waals surface area contributed by atoms with Crippen LogP contribution in [0.2, 0.25) is 0 Å². The summed E-state index contributed by atoms with van der Waals surface area (Å²) in [6, 6.07) is 4.04. The first-order valence-electron chi connectivity index (χ1n) is 9.31. The van der Waals surface area contributed by atoms with Crippen LogP contribution in [0.1, 0.15) is 38.5 Å². The van der Waals surface area contributed by atoms with Gasteiger partial charge in [0.25, 0.3) is 0 Å². The highest BCUT2D eigenvalue weighted by Crippen LogP contribution is 2.36. The van der Waals surface area contributed by atoms with E-state index in [9.17, 15) is 17.6 Å². The number of piperidine rings is 1. The van der Waals surface area contributed by atoms with Crippen LogP contribution in [0.15, 0.2) is 39.4 Å². The van der Waals surface area contributed by atoms with Crippen molar-refractivity contribution in [1.82, 2.24) is 9.62 Å². The lowest BCUT2D eigenvalue weighted by Gasteiger charge is -2.33. The van der Waals surface area contributed by atoms with E-state index in [1.165, 1.54) is 22.5 Å². The Labute approximate surface area is 164 Å². The fraction of sp³-hybridized carbons (Fsp3) is 0.526. The Morgan fingerprint density at radius 3 is 2.82 bits per heavy atom. The van der Waals surface area contributed by atoms with Crippen molar-refractivity contribution in [3.63, 3.8) is 0 Å². The number of carbonyl (C=O) groups is 1. The standard InChI is InChI=1S/C19H23FN4O3S/c1-2-3-10-19(22-23-19)11-12-21-18(25)17-9-4-5-13-24(17)28(26,27)16-8-6-7-15(20)14-16/h1,6-8,14,17H,3-5,9-13H2,(H,21,25). The van der Waals surface area contributed by atoms with Crippen LogP contribution in [-0.2, 0) is 14.8 Å². The molecule has 9 heteroatoms. The van der Waals surface area contributed by atoms with Crippen LogP contribution in [-0.4, -0.2) is 43.4 Å². The monoisotopic (exact) mass is 406 g/mol. The molecule has 150 valence electrons. The molecule has 7 nitrogen and oxygen atoms in total. The van der Waals surface area contributed by atoms with Gasteiger partial charge in [-0.1, -0.05) is 12.5 Å². The average molecular weight is 406 g/mol. The molecule has 1 saturated heterocycles. The quantitative estimate of drug-likeness (QED) is 0.672. The zero-order valence-corrected chi connectivity index (χ0v) is 16.3. The van der Waals surface area contributed by atoms with Gasteiger partial charge in [-0.3, -0.25) is 4.79 Å². The number of nitrogens with zero attached hydrogens (tertiary/aromatic N) is 3. The van der Waals surface area contributed by atoms with Crippen LogP contribution in [0.4, 0.5) is 4.39 Å². The summed E-state index contributed by atoms with van der Waals surface area (Å²) < 4.78 is 40.6. The molecule has 0 bridgehead atoms. The summed E-state index contributed by atoms with van der Waals surface area (Å²) in [4.78, 5) is 12.5. The van der Waals surface area contributed by atoms with Crippen molar-refractivity contribution in [2.24, 2.45) is 10.2 Å². The highest BCUT2D eigenvalue weighted by molar-refractivity contribution is 7.89. The van der Waals surface area contributed by atoms with E-state index in [0.717, 1.165) is 12.5 Å². The highest BCUT2D eigenvalue weighted by Gasteiger charge is 2.40. The summed E-state index contributed by atoms with van der Waals surface area (Å²) in [5, 5.41) is 10.8. The van der Waals surface area contributed by atoms with Gasteiger partial charge in [0.15, 0.2) is 5.66 Å². The van der Waals surface area contributed by atoms with E-state index >= 15 is 0 Å². The normalized spacial score (nSPS) is 21.1. The predicted octanol–water partition coefficient (Wildman–Crippen LogP) is 2.45. The van der Waals surface area contributed by atoms with Crippen molar-refractivity contribution < 1.29 is 17.6 Å². The van der Waals surface area contributed by atoms with Crippen molar-refractivity contribution in [3.05, 3.63) is 30.1 Å². The van der Waals surface area contributed by atoms with Crippen LogP contribution < -0.4 is 5.32 Å². The summed E-state index contributed by atoms with van der Waals surface area (Å²) in [6.07, 6.45) is 8.83. The lowest BCUT2D eigenvalue weighted by Crippen LogP contribution is -2.52. The Balaban J connectivity index is 1.64. The van der Waals surface area contributed by atoms with E-state index in [2.05, 4.69) is 21.5 Å². The molecule has 1 aromatic carbocycles. The van der Waals surface area contributed by atoms with Gasteiger partial charge in [-0.05, 0) is 31.0 Å². The van der Waals surface area contributed by atoms with E-state index in [0.29, 0.717) is 38.6 Å². The molecule has 1 amide bonds. The molecule has 0 radical (unpaired) electrons. The van der Waals surface area contributed by atoms with Crippen LogP contribution in [0.25, 0.3) is 0 Å². The lowest BCUT2D eigenvalue weighted by atomic mass is 10.0. The molecular formula is C19H23FN4O3S. The third-order valence-corrected chi connectivity index (χ3v) is 6.94. The largest absolute Gasteiger partial charge is 0.355 e. The first-order chi connectivity index (χ1) is 13.4. The number of carbonyl (C=O) groups excluding carboxylic acids is 1. The second kappa shape index (κ2) is 8.37. The molecular weight excluding hydrogens is 383 g/mol. The Hall–Kier alpha value is -2.31. The smallest absolute Gasteiger partial charge is 0.243 e. The average Bonchev–Trinajstić information content (AvgIpc) is 3.46. The number of hydrogen-bond acceptors (Lipinski definition) is 5. The number of benzene rings is 1. The van der Waals surface area contributed by atoms with E-state index in [1.54, 1.807) is 0 Å². The van der Waals surface area contributed by atoms with Crippen LogP contribution in [0.5, 0.6) is 0 Å². The number of terminal acetylenes is 1. The van der Waals surface area contributed by atoms with E-state index in [4.69, 9.17) is 6.42 Å². The molecule has 0 spiro atoms. The minimum atomic E-state index is -3.96. The maximum atomic E-state index is 13.5. The fourth-order valence-corrected chi connectivity index (χ4v) is 5.08. The minimum absolute atomic E-state index is 0.143. The molecule has 28 heavy (non-hydrogen) atoms. The summed E-state index contributed by atoms with van der Waals surface area (Å²) in [5.74, 6) is 1.56. The number of nitrogens with one attached hydrogen (secondary N) is 1. The molecule has 1 fully saturated rings. The number of amides is 1. The van der Waals surface area contributed by atoms with Crippen molar-refractivity contribution in [2.75, 3.05) is 13.1 Å². The van der Waals surface area contributed by atoms with Gasteiger partial charge in [-0.15, -0.1) is 12.3 Å². The zero-order valence-electron chi connectivity index (χ0n) is 15.5. The predicted molar refractivity (Wildman–Crippen MR) is 101 cm³/mol. The topological polar surface area (TPSA) is 91.2 Å². The number of sulfonamides is 1. The van der Waals surface area contributed by atoms with Gasteiger partial charge in [-0.2, -0.15) is 14.5 Å². The van der Waals surface area contributed by atoms with Crippen molar-refractivity contribution in [1.29, 1.82) is 0 Å².